The number of carbonyl (C=O) groups excluding carboxylic acids is 1. The Labute approximate surface area is 114 Å². The summed E-state index contributed by atoms with van der Waals surface area (Å²) in [5, 5.41) is 0. The molecule has 2 heterocycles. The maximum Gasteiger partial charge on any atom is 0.341 e. The van der Waals surface area contributed by atoms with Gasteiger partial charge >= 0.3 is 5.97 Å². The van der Waals surface area contributed by atoms with E-state index in [9.17, 15) is 13.6 Å². The summed E-state index contributed by atoms with van der Waals surface area (Å²) in [5.74, 6) is -0.659. The van der Waals surface area contributed by atoms with Gasteiger partial charge in [0.15, 0.2) is 0 Å². The van der Waals surface area contributed by atoms with Gasteiger partial charge in [-0.05, 0) is 6.92 Å². The molecule has 20 heavy (non-hydrogen) atoms. The lowest BCUT2D eigenvalue weighted by Crippen LogP contribution is -2.37. The zero-order valence-electron chi connectivity index (χ0n) is 11.0. The van der Waals surface area contributed by atoms with Gasteiger partial charge in [-0.3, -0.25) is 0 Å². The lowest BCUT2D eigenvalue weighted by atomic mass is 10.2. The van der Waals surface area contributed by atoms with E-state index in [-0.39, 0.29) is 18.1 Å². The molecule has 0 atom stereocenters. The third kappa shape index (κ3) is 3.19. The van der Waals surface area contributed by atoms with Crippen LogP contribution in [0.3, 0.4) is 0 Å². The van der Waals surface area contributed by atoms with Crippen molar-refractivity contribution in [3.05, 3.63) is 17.5 Å². The van der Waals surface area contributed by atoms with Gasteiger partial charge in [-0.25, -0.2) is 23.5 Å². The van der Waals surface area contributed by atoms with Crippen LogP contribution in [0.25, 0.3) is 0 Å². The van der Waals surface area contributed by atoms with Gasteiger partial charge in [0.2, 0.25) is 5.95 Å². The third-order valence-corrected chi connectivity index (χ3v) is 2.80. The van der Waals surface area contributed by atoms with Gasteiger partial charge in [0, 0.05) is 19.3 Å². The van der Waals surface area contributed by atoms with Crippen molar-refractivity contribution in [3.63, 3.8) is 0 Å². The van der Waals surface area contributed by atoms with E-state index in [1.54, 1.807) is 11.8 Å². The van der Waals surface area contributed by atoms with Crippen LogP contribution in [0.15, 0.2) is 6.20 Å². The Hall–Kier alpha value is -1.83. The van der Waals surface area contributed by atoms with E-state index < -0.39 is 18.1 Å². The average Bonchev–Trinajstić information content (AvgIpc) is 2.47. The van der Waals surface area contributed by atoms with Gasteiger partial charge < -0.3 is 14.4 Å². The number of esters is 1. The molecule has 0 aromatic carbocycles. The number of anilines is 1. The Bertz CT molecular complexity index is 479. The summed E-state index contributed by atoms with van der Waals surface area (Å²) in [6, 6.07) is 0. The summed E-state index contributed by atoms with van der Waals surface area (Å²) >= 11 is 0. The lowest BCUT2D eigenvalue weighted by Gasteiger charge is -2.27. The predicted molar refractivity (Wildman–Crippen MR) is 66.0 cm³/mol. The zero-order chi connectivity index (χ0) is 14.5. The summed E-state index contributed by atoms with van der Waals surface area (Å²) in [6.45, 7) is 3.75. The Morgan fingerprint density at radius 3 is 2.80 bits per heavy atom. The molecule has 0 aliphatic carbocycles. The fraction of sp³-hybridized carbons (Fsp3) is 0.583. The first-order valence-electron chi connectivity index (χ1n) is 6.28. The van der Waals surface area contributed by atoms with Crippen LogP contribution in [0.2, 0.25) is 0 Å². The number of alkyl halides is 2. The molecule has 0 radical (unpaired) electrons. The molecule has 0 unspecified atom stereocenters. The number of aromatic nitrogens is 2. The van der Waals surface area contributed by atoms with Crippen molar-refractivity contribution in [1.82, 2.24) is 9.97 Å². The van der Waals surface area contributed by atoms with Gasteiger partial charge in [-0.15, -0.1) is 0 Å². The normalized spacial score (nSPS) is 15.5. The van der Waals surface area contributed by atoms with Crippen LogP contribution < -0.4 is 4.90 Å². The second-order valence-corrected chi connectivity index (χ2v) is 4.09. The summed E-state index contributed by atoms with van der Waals surface area (Å²) in [7, 11) is 0. The minimum absolute atomic E-state index is 0.104. The van der Waals surface area contributed by atoms with Crippen LogP contribution in [0.4, 0.5) is 14.7 Å². The smallest absolute Gasteiger partial charge is 0.341 e. The van der Waals surface area contributed by atoms with Gasteiger partial charge in [-0.1, -0.05) is 0 Å². The molecule has 0 N–H and O–H groups in total. The van der Waals surface area contributed by atoms with Crippen LogP contribution in [0.5, 0.6) is 0 Å². The van der Waals surface area contributed by atoms with E-state index in [1.165, 1.54) is 0 Å². The van der Waals surface area contributed by atoms with Crippen molar-refractivity contribution < 1.29 is 23.0 Å². The molecule has 0 bridgehead atoms. The van der Waals surface area contributed by atoms with Crippen molar-refractivity contribution in [2.75, 3.05) is 37.8 Å². The van der Waals surface area contributed by atoms with Gasteiger partial charge in [0.1, 0.15) is 11.3 Å². The molecule has 0 spiro atoms. The minimum Gasteiger partial charge on any atom is -0.462 e. The Kier molecular flexibility index (Phi) is 4.78. The van der Waals surface area contributed by atoms with E-state index in [0.29, 0.717) is 26.3 Å². The first-order chi connectivity index (χ1) is 9.63. The van der Waals surface area contributed by atoms with Gasteiger partial charge in [0.05, 0.1) is 19.8 Å². The van der Waals surface area contributed by atoms with Crippen LogP contribution in [0, 0.1) is 0 Å². The van der Waals surface area contributed by atoms with E-state index in [4.69, 9.17) is 9.47 Å². The Balaban J connectivity index is 2.29. The molecule has 6 nitrogen and oxygen atoms in total. The van der Waals surface area contributed by atoms with Crippen LogP contribution in [-0.2, 0) is 9.47 Å². The standard InChI is InChI=1S/C12H15F2N3O3/c1-2-20-11(18)8-7-15-12(16-9(8)10(13)14)17-3-5-19-6-4-17/h7,10H,2-6H2,1H3. The first-order valence-corrected chi connectivity index (χ1v) is 6.28. The first kappa shape index (κ1) is 14.6. The van der Waals surface area contributed by atoms with Crippen molar-refractivity contribution in [2.24, 2.45) is 0 Å². The summed E-state index contributed by atoms with van der Waals surface area (Å²) in [6.07, 6.45) is -1.77. The molecule has 1 fully saturated rings. The van der Waals surface area contributed by atoms with Crippen LogP contribution in [0.1, 0.15) is 29.4 Å². The monoisotopic (exact) mass is 287 g/mol. The number of ether oxygens (including phenoxy) is 2. The minimum atomic E-state index is -2.86. The summed E-state index contributed by atoms with van der Waals surface area (Å²) in [4.78, 5) is 21.1. The Morgan fingerprint density at radius 1 is 1.50 bits per heavy atom. The highest BCUT2D eigenvalue weighted by Gasteiger charge is 2.24. The maximum absolute atomic E-state index is 13.0. The lowest BCUT2D eigenvalue weighted by molar-refractivity contribution is 0.0512. The molecule has 110 valence electrons. The quantitative estimate of drug-likeness (QED) is 0.781. The van der Waals surface area contributed by atoms with E-state index >= 15 is 0 Å². The SMILES string of the molecule is CCOC(=O)c1cnc(N2CCOCC2)nc1C(F)F. The average molecular weight is 287 g/mol. The molecule has 2 rings (SSSR count). The highest BCUT2D eigenvalue weighted by Crippen LogP contribution is 2.23. The van der Waals surface area contributed by atoms with Crippen molar-refractivity contribution in [2.45, 2.75) is 13.3 Å². The number of rotatable bonds is 4. The fourth-order valence-electron chi connectivity index (χ4n) is 1.83. The van der Waals surface area contributed by atoms with E-state index in [2.05, 4.69) is 9.97 Å². The van der Waals surface area contributed by atoms with Crippen LogP contribution >= 0.6 is 0 Å². The largest absolute Gasteiger partial charge is 0.462 e. The number of hydrogen-bond acceptors (Lipinski definition) is 6. The molecule has 1 aliphatic rings. The number of morpholine rings is 1. The predicted octanol–water partition coefficient (Wildman–Crippen LogP) is 1.43. The Morgan fingerprint density at radius 2 is 2.20 bits per heavy atom. The molecule has 0 saturated carbocycles. The van der Waals surface area contributed by atoms with Crippen molar-refractivity contribution in [3.8, 4) is 0 Å². The molecule has 1 saturated heterocycles. The molecule has 0 amide bonds. The van der Waals surface area contributed by atoms with E-state index in [1.807, 2.05) is 0 Å². The molecule has 1 aromatic rings. The number of nitrogens with zero attached hydrogens (tertiary/aromatic N) is 3. The third-order valence-electron chi connectivity index (χ3n) is 2.80. The summed E-state index contributed by atoms with van der Waals surface area (Å²) < 4.78 is 36.0. The molecule has 1 aromatic heterocycles. The van der Waals surface area contributed by atoms with E-state index in [0.717, 1.165) is 6.20 Å². The van der Waals surface area contributed by atoms with Gasteiger partial charge in [0.25, 0.3) is 6.43 Å². The second kappa shape index (κ2) is 6.56. The van der Waals surface area contributed by atoms with Crippen molar-refractivity contribution >= 4 is 11.9 Å². The fourth-order valence-corrected chi connectivity index (χ4v) is 1.83. The van der Waals surface area contributed by atoms with Crippen molar-refractivity contribution in [1.29, 1.82) is 0 Å². The topological polar surface area (TPSA) is 64.5 Å². The number of carbonyl (C=O) groups is 1. The molecule has 8 heteroatoms. The zero-order valence-corrected chi connectivity index (χ0v) is 11.0. The highest BCUT2D eigenvalue weighted by molar-refractivity contribution is 5.90. The molecule has 1 aliphatic heterocycles. The van der Waals surface area contributed by atoms with Crippen LogP contribution in [-0.4, -0.2) is 48.8 Å². The summed E-state index contributed by atoms with van der Waals surface area (Å²) in [5.41, 5.74) is -0.890. The van der Waals surface area contributed by atoms with Gasteiger partial charge in [-0.2, -0.15) is 0 Å². The number of hydrogen-bond donors (Lipinski definition) is 0. The molecular formula is C12H15F2N3O3. The second-order valence-electron chi connectivity index (χ2n) is 4.09. The maximum atomic E-state index is 13.0. The highest BCUT2D eigenvalue weighted by atomic mass is 19.3. The molecular weight excluding hydrogens is 272 g/mol. The number of halogens is 2.